The summed E-state index contributed by atoms with van der Waals surface area (Å²) in [5, 5.41) is 11.7. The van der Waals surface area contributed by atoms with Crippen molar-refractivity contribution < 1.29 is 13.9 Å². The molecule has 2 heterocycles. The van der Waals surface area contributed by atoms with Gasteiger partial charge in [-0.2, -0.15) is 4.98 Å². The molecule has 0 bridgehead atoms. The van der Waals surface area contributed by atoms with Gasteiger partial charge in [0, 0.05) is 17.1 Å². The third-order valence-corrected chi connectivity index (χ3v) is 8.76. The first-order valence-corrected chi connectivity index (χ1v) is 15.7. The first-order valence-electron chi connectivity index (χ1n) is 14.7. The van der Waals surface area contributed by atoms with E-state index in [1.807, 2.05) is 81.4 Å². The van der Waals surface area contributed by atoms with Crippen LogP contribution < -0.4 is 15.4 Å². The zero-order valence-corrected chi connectivity index (χ0v) is 26.4. The van der Waals surface area contributed by atoms with Gasteiger partial charge in [0.25, 0.3) is 5.91 Å². The molecule has 9 heteroatoms. The Hall–Kier alpha value is -4.89. The average molecular weight is 620 g/mol. The van der Waals surface area contributed by atoms with Crippen LogP contribution >= 0.6 is 11.8 Å². The Bertz CT molecular complexity index is 1900. The Morgan fingerprint density at radius 1 is 0.933 bits per heavy atom. The summed E-state index contributed by atoms with van der Waals surface area (Å²) < 4.78 is 22.1. The molecule has 5 aromatic rings. The highest BCUT2D eigenvalue weighted by atomic mass is 32.2. The van der Waals surface area contributed by atoms with Crippen molar-refractivity contribution in [2.24, 2.45) is 0 Å². The number of nitrogens with zero attached hydrogens (tertiary/aromatic N) is 3. The molecule has 0 saturated heterocycles. The minimum Gasteiger partial charge on any atom is -0.489 e. The van der Waals surface area contributed by atoms with Gasteiger partial charge in [0.1, 0.15) is 24.2 Å². The Morgan fingerprint density at radius 3 is 2.40 bits per heavy atom. The number of amides is 1. The monoisotopic (exact) mass is 619 g/mol. The number of benzene rings is 4. The predicted molar refractivity (Wildman–Crippen MR) is 177 cm³/mol. The quantitative estimate of drug-likeness (QED) is 0.162. The van der Waals surface area contributed by atoms with Crippen molar-refractivity contribution in [1.82, 2.24) is 14.8 Å². The average Bonchev–Trinajstić information content (AvgIpc) is 3.43. The summed E-state index contributed by atoms with van der Waals surface area (Å²) in [5.41, 5.74) is 7.75. The van der Waals surface area contributed by atoms with Crippen LogP contribution in [-0.2, 0) is 17.2 Å². The van der Waals surface area contributed by atoms with E-state index in [1.54, 1.807) is 16.8 Å². The number of nitrogens with one attached hydrogen (secondary N) is 2. The summed E-state index contributed by atoms with van der Waals surface area (Å²) >= 11 is 1.34. The van der Waals surface area contributed by atoms with Gasteiger partial charge >= 0.3 is 0 Å². The van der Waals surface area contributed by atoms with Crippen molar-refractivity contribution in [2.45, 2.75) is 51.3 Å². The molecule has 1 unspecified atom stereocenters. The summed E-state index contributed by atoms with van der Waals surface area (Å²) in [6.45, 7) is 8.39. The number of halogens is 1. The maximum atomic E-state index is 14.3. The standard InChI is InChI=1S/C36H34FN5O2S/c1-22-13-18-31(24(3)19-22)39-34(43)32-25(4)38-35-40-36(45-21-28-11-7-8-12-30(28)37)41-42(35)33(32)26-14-16-29(17-15-26)44-20-27-10-6-5-9-23(27)2/h5-19,33H,20-21H2,1-4H3,(H,39,43)(H,38,40,41). The molecule has 4 aromatic carbocycles. The molecule has 1 atom stereocenters. The van der Waals surface area contributed by atoms with Crippen LogP contribution in [0.2, 0.25) is 0 Å². The van der Waals surface area contributed by atoms with Gasteiger partial charge < -0.3 is 15.4 Å². The summed E-state index contributed by atoms with van der Waals surface area (Å²) in [6, 6.07) is 27.9. The number of thioether (sulfide) groups is 1. The number of carbonyl (C=O) groups excluding carboxylic acids is 1. The molecule has 1 aliphatic rings. The fraction of sp³-hybridized carbons (Fsp3) is 0.194. The predicted octanol–water partition coefficient (Wildman–Crippen LogP) is 8.14. The van der Waals surface area contributed by atoms with Gasteiger partial charge in [0.05, 0.1) is 5.57 Å². The number of ether oxygens (including phenoxy) is 1. The Balaban J connectivity index is 1.31. The van der Waals surface area contributed by atoms with Crippen LogP contribution in [0.5, 0.6) is 5.75 Å². The lowest BCUT2D eigenvalue weighted by molar-refractivity contribution is -0.113. The second-order valence-corrected chi connectivity index (χ2v) is 12.1. The zero-order chi connectivity index (χ0) is 31.5. The minimum atomic E-state index is -0.562. The fourth-order valence-corrected chi connectivity index (χ4v) is 6.19. The highest BCUT2D eigenvalue weighted by molar-refractivity contribution is 7.98. The van der Waals surface area contributed by atoms with Gasteiger partial charge in [-0.05, 0) is 79.8 Å². The lowest BCUT2D eigenvalue weighted by Crippen LogP contribution is -2.31. The number of hydrogen-bond acceptors (Lipinski definition) is 6. The van der Waals surface area contributed by atoms with E-state index >= 15 is 0 Å². The fourth-order valence-electron chi connectivity index (χ4n) is 5.38. The van der Waals surface area contributed by atoms with Gasteiger partial charge in [-0.1, -0.05) is 84.1 Å². The van der Waals surface area contributed by atoms with Crippen LogP contribution in [-0.4, -0.2) is 20.7 Å². The number of carbonyl (C=O) groups is 1. The molecule has 1 aliphatic heterocycles. The lowest BCUT2D eigenvalue weighted by atomic mass is 9.94. The maximum Gasteiger partial charge on any atom is 0.255 e. The summed E-state index contributed by atoms with van der Waals surface area (Å²) in [5.74, 6) is 1.10. The van der Waals surface area contributed by atoms with Crippen molar-refractivity contribution in [3.63, 3.8) is 0 Å². The van der Waals surface area contributed by atoms with Crippen LogP contribution in [0.1, 0.15) is 46.3 Å². The van der Waals surface area contributed by atoms with E-state index in [2.05, 4.69) is 29.7 Å². The molecule has 6 rings (SSSR count). The van der Waals surface area contributed by atoms with E-state index in [0.29, 0.717) is 40.3 Å². The Morgan fingerprint density at radius 2 is 1.67 bits per heavy atom. The van der Waals surface area contributed by atoms with Crippen molar-refractivity contribution in [3.05, 3.63) is 141 Å². The molecule has 0 radical (unpaired) electrons. The number of hydrogen-bond donors (Lipinski definition) is 2. The number of aromatic nitrogens is 3. The second kappa shape index (κ2) is 13.0. The molecule has 1 aromatic heterocycles. The summed E-state index contributed by atoms with van der Waals surface area (Å²) in [4.78, 5) is 18.7. The number of anilines is 2. The molecule has 2 N–H and O–H groups in total. The SMILES string of the molecule is CC1=C(C(=O)Nc2ccc(C)cc2C)C(c2ccc(OCc3ccccc3C)cc2)n2nc(SCc3ccccc3F)nc2N1. The summed E-state index contributed by atoms with van der Waals surface area (Å²) in [6.07, 6.45) is 0. The van der Waals surface area contributed by atoms with Crippen molar-refractivity contribution in [2.75, 3.05) is 10.6 Å². The number of rotatable bonds is 9. The van der Waals surface area contributed by atoms with Crippen LogP contribution in [0.25, 0.3) is 0 Å². The zero-order valence-electron chi connectivity index (χ0n) is 25.6. The van der Waals surface area contributed by atoms with E-state index in [-0.39, 0.29) is 11.7 Å². The van der Waals surface area contributed by atoms with Crippen LogP contribution in [0, 0.1) is 26.6 Å². The Kier molecular flexibility index (Phi) is 8.71. The van der Waals surface area contributed by atoms with E-state index in [4.69, 9.17) is 14.8 Å². The highest BCUT2D eigenvalue weighted by Gasteiger charge is 2.34. The van der Waals surface area contributed by atoms with Crippen LogP contribution in [0.3, 0.4) is 0 Å². The lowest BCUT2D eigenvalue weighted by Gasteiger charge is -2.29. The van der Waals surface area contributed by atoms with Crippen molar-refractivity contribution in [1.29, 1.82) is 0 Å². The number of aryl methyl sites for hydroxylation is 3. The van der Waals surface area contributed by atoms with Crippen LogP contribution in [0.4, 0.5) is 16.0 Å². The first kappa shape index (κ1) is 30.1. The van der Waals surface area contributed by atoms with Gasteiger partial charge in [0.15, 0.2) is 0 Å². The molecule has 7 nitrogen and oxygen atoms in total. The maximum absolute atomic E-state index is 14.3. The molecule has 0 aliphatic carbocycles. The first-order chi connectivity index (χ1) is 21.8. The smallest absolute Gasteiger partial charge is 0.255 e. The second-order valence-electron chi connectivity index (χ2n) is 11.2. The largest absolute Gasteiger partial charge is 0.489 e. The van der Waals surface area contributed by atoms with Crippen LogP contribution in [0.15, 0.2) is 107 Å². The molecule has 45 heavy (non-hydrogen) atoms. The number of allylic oxidation sites excluding steroid dienone is 1. The molecule has 0 fully saturated rings. The van der Waals surface area contributed by atoms with Gasteiger partial charge in [-0.25, -0.2) is 9.07 Å². The van der Waals surface area contributed by atoms with Crippen molar-refractivity contribution >= 4 is 29.3 Å². The molecule has 0 spiro atoms. The molecular weight excluding hydrogens is 585 g/mol. The minimum absolute atomic E-state index is 0.237. The third-order valence-electron chi connectivity index (χ3n) is 7.87. The van der Waals surface area contributed by atoms with E-state index in [0.717, 1.165) is 33.7 Å². The topological polar surface area (TPSA) is 81.1 Å². The Labute approximate surface area is 266 Å². The number of fused-ring (bicyclic) bond motifs is 1. The van der Waals surface area contributed by atoms with Gasteiger partial charge in [-0.15, -0.1) is 5.10 Å². The molecule has 228 valence electrons. The van der Waals surface area contributed by atoms with Gasteiger partial charge in [0.2, 0.25) is 11.1 Å². The van der Waals surface area contributed by atoms with E-state index in [9.17, 15) is 9.18 Å². The van der Waals surface area contributed by atoms with Crippen molar-refractivity contribution in [3.8, 4) is 5.75 Å². The molecular formula is C36H34FN5O2S. The normalized spacial score (nSPS) is 14.1. The van der Waals surface area contributed by atoms with E-state index in [1.165, 1.54) is 23.4 Å². The third kappa shape index (κ3) is 6.63. The molecule has 1 amide bonds. The highest BCUT2D eigenvalue weighted by Crippen LogP contribution is 2.38. The van der Waals surface area contributed by atoms with Gasteiger partial charge in [-0.3, -0.25) is 4.79 Å². The summed E-state index contributed by atoms with van der Waals surface area (Å²) in [7, 11) is 0. The van der Waals surface area contributed by atoms with E-state index < -0.39 is 6.04 Å². The molecule has 0 saturated carbocycles.